The van der Waals surface area contributed by atoms with Crippen LogP contribution < -0.4 is 5.14 Å². The molecule has 0 aliphatic heterocycles. The largest absolute Gasteiger partial charge is 0.360 e. The lowest BCUT2D eigenvalue weighted by Gasteiger charge is -2.06. The van der Waals surface area contributed by atoms with E-state index in [0.717, 1.165) is 0 Å². The minimum atomic E-state index is -3.79. The van der Waals surface area contributed by atoms with Crippen LogP contribution in [0.1, 0.15) is 29.0 Å². The average Bonchev–Trinajstić information content (AvgIpc) is 3.07. The van der Waals surface area contributed by atoms with E-state index in [1.807, 2.05) is 0 Å². The van der Waals surface area contributed by atoms with Gasteiger partial charge in [-0.15, -0.1) is 0 Å². The van der Waals surface area contributed by atoms with Crippen molar-refractivity contribution in [2.45, 2.75) is 24.7 Å². The van der Waals surface area contributed by atoms with Gasteiger partial charge in [-0.1, -0.05) is 35.5 Å². The van der Waals surface area contributed by atoms with Crippen LogP contribution in [0.3, 0.4) is 0 Å². The Labute approximate surface area is 162 Å². The van der Waals surface area contributed by atoms with Gasteiger partial charge in [0.1, 0.15) is 17.7 Å². The highest BCUT2D eigenvalue weighted by atomic mass is 32.2. The molecule has 0 aliphatic carbocycles. The zero-order valence-electron chi connectivity index (χ0n) is 15.1. The van der Waals surface area contributed by atoms with Crippen LogP contribution in [0.2, 0.25) is 0 Å². The lowest BCUT2D eigenvalue weighted by atomic mass is 9.97. The van der Waals surface area contributed by atoms with Crippen LogP contribution in [0.4, 0.5) is 0 Å². The number of rotatable bonds is 7. The van der Waals surface area contributed by atoms with E-state index in [-0.39, 0.29) is 23.5 Å². The summed E-state index contributed by atoms with van der Waals surface area (Å²) < 4.78 is 28.3. The van der Waals surface area contributed by atoms with Gasteiger partial charge in [0.2, 0.25) is 10.0 Å². The fourth-order valence-corrected chi connectivity index (χ4v) is 3.41. The zero-order chi connectivity index (χ0) is 20.3. The molecule has 7 nitrogen and oxygen atoms in total. The molecule has 28 heavy (non-hydrogen) atoms. The summed E-state index contributed by atoms with van der Waals surface area (Å²) in [6.07, 6.45) is 1.03. The highest BCUT2D eigenvalue weighted by Crippen LogP contribution is 2.35. The second kappa shape index (κ2) is 7.87. The Morgan fingerprint density at radius 2 is 1.86 bits per heavy atom. The van der Waals surface area contributed by atoms with E-state index < -0.39 is 10.0 Å². The third-order valence-corrected chi connectivity index (χ3v) is 5.21. The second-order valence-electron chi connectivity index (χ2n) is 6.24. The molecule has 0 aliphatic rings. The Balaban J connectivity index is 2.02. The van der Waals surface area contributed by atoms with Gasteiger partial charge in [-0.2, -0.15) is 0 Å². The quantitative estimate of drug-likeness (QED) is 0.482. The fourth-order valence-electron chi connectivity index (χ4n) is 2.89. The summed E-state index contributed by atoms with van der Waals surface area (Å²) in [4.78, 5) is 22.7. The first kappa shape index (κ1) is 19.7. The minimum Gasteiger partial charge on any atom is -0.360 e. The number of ketones is 1. The Morgan fingerprint density at radius 3 is 2.50 bits per heavy atom. The van der Waals surface area contributed by atoms with Crippen LogP contribution in [0.25, 0.3) is 22.4 Å². The molecule has 0 radical (unpaired) electrons. The van der Waals surface area contributed by atoms with Crippen molar-refractivity contribution in [3.63, 3.8) is 0 Å². The molecule has 0 unspecified atom stereocenters. The van der Waals surface area contributed by atoms with Gasteiger partial charge < -0.3 is 9.32 Å². The maximum atomic E-state index is 12.2. The van der Waals surface area contributed by atoms with Crippen molar-refractivity contribution in [2.75, 3.05) is 0 Å². The molecule has 2 aromatic carbocycles. The number of hydrogen-bond donors (Lipinski definition) is 1. The smallest absolute Gasteiger partial charge is 0.238 e. The number of primary sulfonamides is 1. The lowest BCUT2D eigenvalue weighted by molar-refractivity contribution is -0.107. The summed E-state index contributed by atoms with van der Waals surface area (Å²) in [6.45, 7) is 1.75. The van der Waals surface area contributed by atoms with E-state index in [9.17, 15) is 18.0 Å². The van der Waals surface area contributed by atoms with Crippen molar-refractivity contribution < 1.29 is 22.5 Å². The van der Waals surface area contributed by atoms with Crippen molar-refractivity contribution in [1.82, 2.24) is 5.16 Å². The molecule has 0 amide bonds. The maximum Gasteiger partial charge on any atom is 0.238 e. The van der Waals surface area contributed by atoms with Crippen LogP contribution in [0.5, 0.6) is 0 Å². The number of aldehydes is 1. The minimum absolute atomic E-state index is 0.00896. The molecule has 144 valence electrons. The second-order valence-corrected chi connectivity index (χ2v) is 7.80. The number of sulfonamides is 1. The number of hydrogen-bond acceptors (Lipinski definition) is 6. The number of benzene rings is 2. The molecule has 0 spiro atoms. The highest BCUT2D eigenvalue weighted by molar-refractivity contribution is 7.89. The standard InChI is InChI=1S/C20H18N2O5S/c1-13-19(14-7-9-17(10-8-14)28(21,25)26)20(22-27-13)16-5-2-4-15(12-16)18(24)6-3-11-23/h2,4-5,7-12H,3,6H2,1H3,(H2,21,25,26). The van der Waals surface area contributed by atoms with E-state index >= 15 is 0 Å². The topological polar surface area (TPSA) is 120 Å². The molecule has 3 rings (SSSR count). The van der Waals surface area contributed by atoms with Crippen molar-refractivity contribution >= 4 is 22.1 Å². The van der Waals surface area contributed by atoms with Gasteiger partial charge in [-0.3, -0.25) is 4.79 Å². The predicted molar refractivity (Wildman–Crippen MR) is 103 cm³/mol. The molecule has 0 bridgehead atoms. The molecular formula is C20H18N2O5S. The van der Waals surface area contributed by atoms with Crippen molar-refractivity contribution in [1.29, 1.82) is 0 Å². The Kier molecular flexibility index (Phi) is 5.53. The third-order valence-electron chi connectivity index (χ3n) is 4.28. The lowest BCUT2D eigenvalue weighted by Crippen LogP contribution is -2.11. The number of aryl methyl sites for hydroxylation is 1. The third kappa shape index (κ3) is 4.08. The molecule has 0 fully saturated rings. The fraction of sp³-hybridized carbons (Fsp3) is 0.150. The molecule has 2 N–H and O–H groups in total. The summed E-state index contributed by atoms with van der Waals surface area (Å²) in [5.74, 6) is 0.421. The van der Waals surface area contributed by atoms with E-state index in [0.29, 0.717) is 40.0 Å². The van der Waals surface area contributed by atoms with Crippen molar-refractivity contribution in [2.24, 2.45) is 5.14 Å². The predicted octanol–water partition coefficient (Wildman–Crippen LogP) is 3.13. The van der Waals surface area contributed by atoms with Gasteiger partial charge in [0.05, 0.1) is 10.5 Å². The van der Waals surface area contributed by atoms with E-state index in [4.69, 9.17) is 9.66 Å². The monoisotopic (exact) mass is 398 g/mol. The first-order chi connectivity index (χ1) is 13.3. The van der Waals surface area contributed by atoms with Crippen LogP contribution in [-0.2, 0) is 14.8 Å². The molecular weight excluding hydrogens is 380 g/mol. The average molecular weight is 398 g/mol. The van der Waals surface area contributed by atoms with Gasteiger partial charge in [0, 0.05) is 24.0 Å². The number of carbonyl (C=O) groups is 2. The number of Topliss-reactive ketones (excluding diaryl/α,β-unsaturated/α-hetero) is 1. The summed E-state index contributed by atoms with van der Waals surface area (Å²) in [5, 5.41) is 9.25. The summed E-state index contributed by atoms with van der Waals surface area (Å²) in [6, 6.07) is 13.0. The van der Waals surface area contributed by atoms with Crippen molar-refractivity contribution in [3.05, 3.63) is 59.9 Å². The SMILES string of the molecule is Cc1onc(-c2cccc(C(=O)CCC=O)c2)c1-c1ccc(S(N)(=O)=O)cc1. The van der Waals surface area contributed by atoms with E-state index in [1.165, 1.54) is 12.1 Å². The van der Waals surface area contributed by atoms with E-state index in [2.05, 4.69) is 5.16 Å². The van der Waals surface area contributed by atoms with Crippen LogP contribution in [0.15, 0.2) is 57.9 Å². The number of nitrogens with two attached hydrogens (primary N) is 1. The first-order valence-corrected chi connectivity index (χ1v) is 10.0. The van der Waals surface area contributed by atoms with Gasteiger partial charge >= 0.3 is 0 Å². The molecule has 8 heteroatoms. The summed E-state index contributed by atoms with van der Waals surface area (Å²) in [7, 11) is -3.79. The van der Waals surface area contributed by atoms with Crippen LogP contribution in [-0.4, -0.2) is 25.6 Å². The first-order valence-electron chi connectivity index (χ1n) is 8.48. The summed E-state index contributed by atoms with van der Waals surface area (Å²) >= 11 is 0. The van der Waals surface area contributed by atoms with Crippen molar-refractivity contribution in [3.8, 4) is 22.4 Å². The van der Waals surface area contributed by atoms with E-state index in [1.54, 1.807) is 43.3 Å². The molecule has 0 atom stereocenters. The van der Waals surface area contributed by atoms with Crippen LogP contribution >= 0.6 is 0 Å². The Hall–Kier alpha value is -3.10. The van der Waals surface area contributed by atoms with Crippen LogP contribution in [0, 0.1) is 6.92 Å². The van der Waals surface area contributed by atoms with Gasteiger partial charge in [0.25, 0.3) is 0 Å². The number of nitrogens with zero attached hydrogens (tertiary/aromatic N) is 1. The summed E-state index contributed by atoms with van der Waals surface area (Å²) in [5.41, 5.74) is 3.10. The Bertz CT molecular complexity index is 1130. The molecule has 1 aromatic heterocycles. The normalized spacial score (nSPS) is 11.4. The molecule has 0 saturated carbocycles. The van der Waals surface area contributed by atoms with Gasteiger partial charge in [-0.05, 0) is 30.7 Å². The Morgan fingerprint density at radius 1 is 1.14 bits per heavy atom. The maximum absolute atomic E-state index is 12.2. The molecule has 0 saturated heterocycles. The highest BCUT2D eigenvalue weighted by Gasteiger charge is 2.18. The van der Waals surface area contributed by atoms with Gasteiger partial charge in [0.15, 0.2) is 5.78 Å². The number of carbonyl (C=O) groups excluding carboxylic acids is 2. The zero-order valence-corrected chi connectivity index (χ0v) is 15.9. The molecule has 3 aromatic rings. The molecule has 1 heterocycles. The number of aromatic nitrogens is 1. The van der Waals surface area contributed by atoms with Gasteiger partial charge in [-0.25, -0.2) is 13.6 Å².